The van der Waals surface area contributed by atoms with Gasteiger partial charge in [0.05, 0.1) is 36.8 Å². The maximum absolute atomic E-state index is 12.4. The van der Waals surface area contributed by atoms with Crippen LogP contribution in [0.1, 0.15) is 131 Å². The average molecular weight is 844 g/mol. The summed E-state index contributed by atoms with van der Waals surface area (Å²) in [4.78, 5) is 62.3. The van der Waals surface area contributed by atoms with E-state index in [4.69, 9.17) is 4.74 Å². The molecule has 6 unspecified atom stereocenters. The topological polar surface area (TPSA) is 170 Å². The molecule has 0 spiro atoms. The number of carbonyl (C=O) groups excluding carboxylic acids is 5. The van der Waals surface area contributed by atoms with Gasteiger partial charge in [0, 0.05) is 54.5 Å². The van der Waals surface area contributed by atoms with Crippen molar-refractivity contribution in [2.45, 2.75) is 157 Å². The second-order valence-corrected chi connectivity index (χ2v) is 19.0. The molecule has 4 aliphatic rings. The summed E-state index contributed by atoms with van der Waals surface area (Å²) < 4.78 is 4.86. The number of esters is 1. The normalized spacial score (nSPS) is 23.1. The van der Waals surface area contributed by atoms with Crippen molar-refractivity contribution >= 4 is 53.4 Å². The largest absolute Gasteiger partial charge is 0.465 e. The van der Waals surface area contributed by atoms with Gasteiger partial charge in [0.25, 0.3) is 0 Å². The molecule has 4 saturated heterocycles. The first-order valence-corrected chi connectivity index (χ1v) is 24.2. The first-order chi connectivity index (χ1) is 28.3. The highest BCUT2D eigenvalue weighted by atomic mass is 32.2. The minimum atomic E-state index is -0.318. The number of thioether (sulfide) groups is 2. The van der Waals surface area contributed by atoms with Crippen LogP contribution in [-0.4, -0.2) is 114 Å². The molecule has 4 fully saturated rings. The molecule has 324 valence electrons. The summed E-state index contributed by atoms with van der Waals surface area (Å²) in [6, 6.07) is 8.61. The highest BCUT2D eigenvalue weighted by Gasteiger charge is 2.43. The first-order valence-electron chi connectivity index (χ1n) is 22.1. The SMILES string of the molecule is COC(=O)c1ccc(CN(CCCCCCCNC(=O)CCCCC2SCC3NC(=O)NC32)CCCCCCCNC(=O)CCCCC2SCC3NC(=O)NC32)cc1. The number of nitrogens with zero attached hydrogens (tertiary/aromatic N) is 1. The van der Waals surface area contributed by atoms with Crippen LogP contribution >= 0.6 is 23.5 Å². The van der Waals surface area contributed by atoms with Crippen LogP contribution in [0, 0.1) is 0 Å². The zero-order chi connectivity index (χ0) is 41.0. The summed E-state index contributed by atoms with van der Waals surface area (Å²) in [5.41, 5.74) is 1.76. The quantitative estimate of drug-likeness (QED) is 0.0329. The molecule has 6 atom stereocenters. The Kier molecular flexibility index (Phi) is 20.1. The lowest BCUT2D eigenvalue weighted by atomic mass is 10.0. The van der Waals surface area contributed by atoms with E-state index in [1.165, 1.54) is 12.7 Å². The first kappa shape index (κ1) is 45.9. The molecule has 0 saturated carbocycles. The minimum Gasteiger partial charge on any atom is -0.465 e. The summed E-state index contributed by atoms with van der Waals surface area (Å²) in [7, 11) is 1.40. The Morgan fingerprint density at radius 3 is 1.59 bits per heavy atom. The van der Waals surface area contributed by atoms with E-state index in [1.807, 2.05) is 47.8 Å². The number of amides is 6. The summed E-state index contributed by atoms with van der Waals surface area (Å²) in [5, 5.41) is 19.1. The van der Waals surface area contributed by atoms with Gasteiger partial charge in [0.2, 0.25) is 11.8 Å². The number of ether oxygens (including phenoxy) is 1. The monoisotopic (exact) mass is 843 g/mol. The molecule has 1 aromatic rings. The van der Waals surface area contributed by atoms with E-state index in [2.05, 4.69) is 36.8 Å². The Labute approximate surface area is 354 Å². The van der Waals surface area contributed by atoms with Crippen LogP contribution in [0.15, 0.2) is 24.3 Å². The van der Waals surface area contributed by atoms with Crippen molar-refractivity contribution in [3.05, 3.63) is 35.4 Å². The standard InChI is InChI=1S/C43H69N7O6S2/c1-56-41(53)32-22-20-31(21-23-32)28-50(26-14-6-2-4-12-24-44-37(51)18-10-8-16-35-39-33(29-57-35)46-42(54)48-39)27-15-7-3-5-13-25-45-38(52)19-11-9-17-36-40-34(30-58-36)47-43(55)49-40/h20-23,33-36,39-40H,2-19,24-30H2,1H3,(H,44,51)(H,45,52)(H2,46,48,54)(H2,47,49,55). The molecule has 0 aromatic heterocycles. The maximum atomic E-state index is 12.4. The zero-order valence-electron chi connectivity index (χ0n) is 34.7. The molecule has 58 heavy (non-hydrogen) atoms. The van der Waals surface area contributed by atoms with E-state index in [9.17, 15) is 24.0 Å². The van der Waals surface area contributed by atoms with Gasteiger partial charge in [-0.05, 0) is 82.2 Å². The van der Waals surface area contributed by atoms with Crippen molar-refractivity contribution in [2.24, 2.45) is 0 Å². The Morgan fingerprint density at radius 2 is 1.10 bits per heavy atom. The molecule has 1 aromatic carbocycles. The molecule has 0 aliphatic carbocycles. The molecule has 6 amide bonds. The Hall–Kier alpha value is -3.17. The fourth-order valence-corrected chi connectivity index (χ4v) is 11.6. The zero-order valence-corrected chi connectivity index (χ0v) is 36.3. The summed E-state index contributed by atoms with van der Waals surface area (Å²) in [6.07, 6.45) is 18.1. The number of carbonyl (C=O) groups is 5. The number of benzene rings is 1. The van der Waals surface area contributed by atoms with Crippen LogP contribution in [-0.2, 0) is 20.9 Å². The van der Waals surface area contributed by atoms with Gasteiger partial charge < -0.3 is 36.6 Å². The smallest absolute Gasteiger partial charge is 0.337 e. The minimum absolute atomic E-state index is 0.0475. The van der Waals surface area contributed by atoms with E-state index in [0.717, 1.165) is 147 Å². The lowest BCUT2D eigenvalue weighted by Gasteiger charge is -2.22. The molecule has 4 heterocycles. The molecule has 6 N–H and O–H groups in total. The van der Waals surface area contributed by atoms with Crippen LogP contribution in [0.2, 0.25) is 0 Å². The van der Waals surface area contributed by atoms with Crippen molar-refractivity contribution in [1.82, 2.24) is 36.8 Å². The Bertz CT molecular complexity index is 1380. The number of fused-ring (bicyclic) bond motifs is 2. The van der Waals surface area contributed by atoms with Crippen molar-refractivity contribution in [1.29, 1.82) is 0 Å². The van der Waals surface area contributed by atoms with Crippen LogP contribution in [0.3, 0.4) is 0 Å². The molecular weight excluding hydrogens is 775 g/mol. The van der Waals surface area contributed by atoms with Gasteiger partial charge in [0.1, 0.15) is 0 Å². The van der Waals surface area contributed by atoms with Crippen LogP contribution in [0.4, 0.5) is 9.59 Å². The number of urea groups is 2. The fourth-order valence-electron chi connectivity index (χ4n) is 8.55. The average Bonchev–Trinajstić information content (AvgIpc) is 3.98. The molecule has 15 heteroatoms. The summed E-state index contributed by atoms with van der Waals surface area (Å²) in [5.74, 6) is 1.91. The molecule has 4 aliphatic heterocycles. The van der Waals surface area contributed by atoms with E-state index < -0.39 is 0 Å². The van der Waals surface area contributed by atoms with Crippen LogP contribution in [0.5, 0.6) is 0 Å². The number of rotatable bonds is 29. The Balaban J connectivity index is 0.865. The van der Waals surface area contributed by atoms with Crippen molar-refractivity contribution in [3.63, 3.8) is 0 Å². The molecule has 5 rings (SSSR count). The van der Waals surface area contributed by atoms with E-state index in [-0.39, 0.29) is 54.0 Å². The van der Waals surface area contributed by atoms with Crippen molar-refractivity contribution in [2.75, 3.05) is 44.8 Å². The van der Waals surface area contributed by atoms with E-state index in [0.29, 0.717) is 28.9 Å². The maximum Gasteiger partial charge on any atom is 0.337 e. The second kappa shape index (κ2) is 25.5. The van der Waals surface area contributed by atoms with Crippen LogP contribution in [0.25, 0.3) is 0 Å². The second-order valence-electron chi connectivity index (χ2n) is 16.4. The van der Waals surface area contributed by atoms with Gasteiger partial charge in [-0.1, -0.05) is 63.5 Å². The number of hydrogen-bond acceptors (Lipinski definition) is 9. The summed E-state index contributed by atoms with van der Waals surface area (Å²) >= 11 is 3.85. The van der Waals surface area contributed by atoms with Crippen molar-refractivity contribution in [3.8, 4) is 0 Å². The Morgan fingerprint density at radius 1 is 0.638 bits per heavy atom. The fraction of sp³-hybridized carbons (Fsp3) is 0.744. The molecule has 0 bridgehead atoms. The van der Waals surface area contributed by atoms with Gasteiger partial charge in [-0.25, -0.2) is 14.4 Å². The molecule has 0 radical (unpaired) electrons. The lowest BCUT2D eigenvalue weighted by Crippen LogP contribution is -2.36. The lowest BCUT2D eigenvalue weighted by molar-refractivity contribution is -0.122. The third-order valence-electron chi connectivity index (χ3n) is 11.9. The third-order valence-corrected chi connectivity index (χ3v) is 14.9. The number of hydrogen-bond donors (Lipinski definition) is 6. The number of methoxy groups -OCH3 is 1. The van der Waals surface area contributed by atoms with E-state index >= 15 is 0 Å². The predicted octanol–water partition coefficient (Wildman–Crippen LogP) is 5.86. The third kappa shape index (κ3) is 15.8. The van der Waals surface area contributed by atoms with Gasteiger partial charge in [-0.3, -0.25) is 14.5 Å². The highest BCUT2D eigenvalue weighted by Crippen LogP contribution is 2.34. The molecular formula is C43H69N7O6S2. The van der Waals surface area contributed by atoms with Gasteiger partial charge in [0.15, 0.2) is 0 Å². The van der Waals surface area contributed by atoms with Gasteiger partial charge in [-0.15, -0.1) is 0 Å². The predicted molar refractivity (Wildman–Crippen MR) is 233 cm³/mol. The van der Waals surface area contributed by atoms with Crippen LogP contribution < -0.4 is 31.9 Å². The van der Waals surface area contributed by atoms with Gasteiger partial charge >= 0.3 is 18.0 Å². The van der Waals surface area contributed by atoms with Crippen molar-refractivity contribution < 1.29 is 28.7 Å². The van der Waals surface area contributed by atoms with Gasteiger partial charge in [-0.2, -0.15) is 23.5 Å². The molecule has 13 nitrogen and oxygen atoms in total. The number of nitrogens with one attached hydrogen (secondary N) is 6. The van der Waals surface area contributed by atoms with E-state index in [1.54, 1.807) is 0 Å². The highest BCUT2D eigenvalue weighted by molar-refractivity contribution is 8.00. The summed E-state index contributed by atoms with van der Waals surface area (Å²) in [6.45, 7) is 4.38. The number of unbranched alkanes of at least 4 members (excludes halogenated alkanes) is 10.